The Morgan fingerprint density at radius 2 is 1.74 bits per heavy atom. The maximum Gasteiger partial charge on any atom is 0.311 e. The lowest BCUT2D eigenvalue weighted by Crippen LogP contribution is -2.57. The Morgan fingerprint density at radius 3 is 2.33 bits per heavy atom. The molecule has 0 bridgehead atoms. The summed E-state index contributed by atoms with van der Waals surface area (Å²) < 4.78 is 18.8. The first kappa shape index (κ1) is 32.6. The Kier molecular flexibility index (Phi) is 9.82. The van der Waals surface area contributed by atoms with E-state index in [0.717, 1.165) is 44.9 Å². The van der Waals surface area contributed by atoms with Crippen LogP contribution in [0.1, 0.15) is 114 Å². The van der Waals surface area contributed by atoms with Gasteiger partial charge in [-0.2, -0.15) is 0 Å². The van der Waals surface area contributed by atoms with Gasteiger partial charge in [0, 0.05) is 12.3 Å². The first-order chi connectivity index (χ1) is 17.8. The van der Waals surface area contributed by atoms with Crippen molar-refractivity contribution in [2.24, 2.45) is 35.0 Å². The van der Waals surface area contributed by atoms with Gasteiger partial charge in [-0.1, -0.05) is 41.5 Å². The molecule has 1 aliphatic heterocycles. The average Bonchev–Trinajstić information content (AvgIpc) is 2.77. The molecule has 0 aromatic carbocycles. The summed E-state index contributed by atoms with van der Waals surface area (Å²) in [5.74, 6) is 0.878. The number of carbonyl (C=O) groups is 2. The van der Waals surface area contributed by atoms with Gasteiger partial charge >= 0.3 is 11.9 Å². The number of cyclic esters (lactones) is 1. The van der Waals surface area contributed by atoms with E-state index in [9.17, 15) is 14.7 Å². The second-order valence-corrected chi connectivity index (χ2v) is 20.5. The minimum atomic E-state index is -1.99. The number of rotatable bonds is 8. The summed E-state index contributed by atoms with van der Waals surface area (Å²) >= 11 is 0. The summed E-state index contributed by atoms with van der Waals surface area (Å²) in [5, 5.41) is 11.7. The van der Waals surface area contributed by atoms with Crippen LogP contribution in [0.3, 0.4) is 0 Å². The molecule has 6 nitrogen and oxygen atoms in total. The second kappa shape index (κ2) is 11.8. The summed E-state index contributed by atoms with van der Waals surface area (Å²) in [6.45, 7) is 23.5. The smallest absolute Gasteiger partial charge is 0.311 e. The molecule has 0 aromatic heterocycles. The lowest BCUT2D eigenvalue weighted by Gasteiger charge is -2.56. The molecule has 0 amide bonds. The van der Waals surface area contributed by atoms with Gasteiger partial charge in [0.2, 0.25) is 0 Å². The molecule has 9 atom stereocenters. The van der Waals surface area contributed by atoms with Crippen LogP contribution in [-0.4, -0.2) is 49.3 Å². The molecule has 39 heavy (non-hydrogen) atoms. The zero-order valence-electron chi connectivity index (χ0n) is 26.8. The Hall–Kier alpha value is -0.923. The third-order valence-electron chi connectivity index (χ3n) is 10.9. The van der Waals surface area contributed by atoms with Crippen LogP contribution in [0.4, 0.5) is 0 Å². The van der Waals surface area contributed by atoms with Gasteiger partial charge < -0.3 is 19.0 Å². The Bertz CT molecular complexity index is 874. The summed E-state index contributed by atoms with van der Waals surface area (Å²) in [6, 6.07) is 0. The zero-order chi connectivity index (χ0) is 29.6. The van der Waals surface area contributed by atoms with Crippen LogP contribution < -0.4 is 0 Å². The van der Waals surface area contributed by atoms with Crippen molar-refractivity contribution in [1.29, 1.82) is 0 Å². The van der Waals surface area contributed by atoms with Gasteiger partial charge in [0.25, 0.3) is 0 Å². The molecule has 3 fully saturated rings. The maximum atomic E-state index is 13.2. The molecule has 226 valence electrons. The van der Waals surface area contributed by atoms with Crippen molar-refractivity contribution in [3.05, 3.63) is 0 Å². The normalized spacial score (nSPS) is 38.1. The molecular formula is C32H58O6Si. The Morgan fingerprint density at radius 1 is 1.10 bits per heavy atom. The maximum absolute atomic E-state index is 13.2. The summed E-state index contributed by atoms with van der Waals surface area (Å²) in [5.41, 5.74) is -1.30. The van der Waals surface area contributed by atoms with Crippen LogP contribution in [0.5, 0.6) is 0 Å². The molecule has 0 radical (unpaired) electrons. The number of esters is 2. The van der Waals surface area contributed by atoms with E-state index in [-0.39, 0.29) is 53.0 Å². The lowest BCUT2D eigenvalue weighted by molar-refractivity contribution is -0.193. The topological polar surface area (TPSA) is 82.1 Å². The van der Waals surface area contributed by atoms with Crippen LogP contribution in [0.15, 0.2) is 0 Å². The molecule has 0 spiro atoms. The monoisotopic (exact) mass is 566 g/mol. The van der Waals surface area contributed by atoms with Crippen molar-refractivity contribution in [3.8, 4) is 0 Å². The molecule has 0 aromatic rings. The van der Waals surface area contributed by atoms with Gasteiger partial charge in [0.1, 0.15) is 12.2 Å². The van der Waals surface area contributed by atoms with Crippen molar-refractivity contribution >= 4 is 20.3 Å². The highest BCUT2D eigenvalue weighted by atomic mass is 28.4. The largest absolute Gasteiger partial charge is 0.462 e. The highest BCUT2D eigenvalue weighted by molar-refractivity contribution is 6.74. The van der Waals surface area contributed by atoms with Crippen molar-refractivity contribution in [2.45, 2.75) is 156 Å². The third kappa shape index (κ3) is 7.48. The Balaban J connectivity index is 1.78. The minimum Gasteiger partial charge on any atom is -0.462 e. The number of hydrogen-bond acceptors (Lipinski definition) is 6. The van der Waals surface area contributed by atoms with Gasteiger partial charge in [-0.25, -0.2) is 0 Å². The lowest BCUT2D eigenvalue weighted by atomic mass is 9.53. The number of aliphatic hydroxyl groups is 1. The van der Waals surface area contributed by atoms with Crippen LogP contribution in [0.25, 0.3) is 0 Å². The van der Waals surface area contributed by atoms with Crippen LogP contribution >= 0.6 is 0 Å². The SMILES string of the molecule is CCC(C)(C)C(=O)O[C@H]1C[C@@H](C)C[C@H]2[C@H]1[C@@H](CC[C@@H]1C[C@@H](O[Si](C)(C)C(C)(C)C)CC(=O)O1)[C@@H](C)C[C@@]2(C)O. The van der Waals surface area contributed by atoms with E-state index in [4.69, 9.17) is 13.9 Å². The van der Waals surface area contributed by atoms with Crippen molar-refractivity contribution < 1.29 is 28.6 Å². The molecule has 0 unspecified atom stereocenters. The van der Waals surface area contributed by atoms with Gasteiger partial charge in [0.15, 0.2) is 8.32 Å². The molecule has 3 rings (SSSR count). The van der Waals surface area contributed by atoms with Crippen LogP contribution in [-0.2, 0) is 23.5 Å². The number of fused-ring (bicyclic) bond motifs is 1. The summed E-state index contributed by atoms with van der Waals surface area (Å²) in [4.78, 5) is 25.8. The third-order valence-corrected chi connectivity index (χ3v) is 15.5. The van der Waals surface area contributed by atoms with Crippen molar-refractivity contribution in [1.82, 2.24) is 0 Å². The minimum absolute atomic E-state index is 0.0875. The fraction of sp³-hybridized carbons (Fsp3) is 0.938. The highest BCUT2D eigenvalue weighted by Crippen LogP contribution is 2.54. The number of ether oxygens (including phenoxy) is 2. The fourth-order valence-electron chi connectivity index (χ4n) is 7.20. The first-order valence-electron chi connectivity index (χ1n) is 15.6. The molecule has 1 heterocycles. The van der Waals surface area contributed by atoms with Gasteiger partial charge in [-0.05, 0) is 101 Å². The average molecular weight is 567 g/mol. The van der Waals surface area contributed by atoms with Crippen LogP contribution in [0.2, 0.25) is 18.1 Å². The van der Waals surface area contributed by atoms with E-state index < -0.39 is 19.3 Å². The van der Waals surface area contributed by atoms with Gasteiger partial charge in [-0.15, -0.1) is 0 Å². The van der Waals surface area contributed by atoms with Crippen molar-refractivity contribution in [3.63, 3.8) is 0 Å². The van der Waals surface area contributed by atoms with Crippen LogP contribution in [0, 0.1) is 35.0 Å². The fourth-order valence-corrected chi connectivity index (χ4v) is 8.57. The number of hydrogen-bond donors (Lipinski definition) is 1. The molecular weight excluding hydrogens is 508 g/mol. The quantitative estimate of drug-likeness (QED) is 0.246. The summed E-state index contributed by atoms with van der Waals surface area (Å²) in [7, 11) is -1.99. The van der Waals surface area contributed by atoms with Crippen molar-refractivity contribution in [2.75, 3.05) is 0 Å². The predicted octanol–water partition coefficient (Wildman–Crippen LogP) is 7.28. The van der Waals surface area contributed by atoms with Gasteiger partial charge in [0.05, 0.1) is 23.5 Å². The van der Waals surface area contributed by atoms with E-state index in [1.807, 2.05) is 27.7 Å². The van der Waals surface area contributed by atoms with E-state index in [2.05, 4.69) is 47.7 Å². The second-order valence-electron chi connectivity index (χ2n) is 15.8. The first-order valence-corrected chi connectivity index (χ1v) is 18.5. The summed E-state index contributed by atoms with van der Waals surface area (Å²) in [6.07, 6.45) is 5.57. The molecule has 1 N–H and O–H groups in total. The molecule has 2 aliphatic carbocycles. The molecule has 1 saturated heterocycles. The van der Waals surface area contributed by atoms with E-state index in [1.54, 1.807) is 0 Å². The molecule has 2 saturated carbocycles. The van der Waals surface area contributed by atoms with E-state index in [0.29, 0.717) is 18.3 Å². The molecule has 7 heteroatoms. The molecule has 3 aliphatic rings. The Labute approximate surface area is 239 Å². The highest BCUT2D eigenvalue weighted by Gasteiger charge is 2.55. The van der Waals surface area contributed by atoms with E-state index >= 15 is 0 Å². The standard InChI is InChI=1S/C32H58O6Si/c1-12-31(7,8)29(34)37-26-16-20(2)15-25-28(26)24(21(3)19-32(25,9)35)14-13-22-17-23(18-27(33)36-22)38-39(10,11)30(4,5)6/h20-26,28,35H,12-19H2,1-11H3/t20-,21-,22+,23+,24-,25-,26-,28+,32+/m0/s1. The van der Waals surface area contributed by atoms with Gasteiger partial charge in [-0.3, -0.25) is 9.59 Å². The number of carbonyl (C=O) groups excluding carboxylic acids is 2. The zero-order valence-corrected chi connectivity index (χ0v) is 27.8. The predicted molar refractivity (Wildman–Crippen MR) is 158 cm³/mol. The van der Waals surface area contributed by atoms with E-state index in [1.165, 1.54) is 0 Å².